The van der Waals surface area contributed by atoms with Gasteiger partial charge >= 0.3 is 0 Å². The van der Waals surface area contributed by atoms with Gasteiger partial charge in [0.2, 0.25) is 5.91 Å². The van der Waals surface area contributed by atoms with Crippen molar-refractivity contribution in [2.45, 2.75) is 65.3 Å². The van der Waals surface area contributed by atoms with E-state index in [0.29, 0.717) is 12.5 Å². The molecule has 1 aliphatic carbocycles. The lowest BCUT2D eigenvalue weighted by Crippen LogP contribution is -2.41. The first-order valence-corrected chi connectivity index (χ1v) is 6.70. The fourth-order valence-electron chi connectivity index (χ4n) is 2.19. The van der Waals surface area contributed by atoms with Crippen LogP contribution < -0.4 is 0 Å². The van der Waals surface area contributed by atoms with Gasteiger partial charge < -0.3 is 4.90 Å². The summed E-state index contributed by atoms with van der Waals surface area (Å²) in [6.45, 7) is 10.4. The molecular weight excluding hydrogens is 198 g/mol. The standard InChI is InChI=1S/C12H21NO.C2H6/c1-3-10-13(12(14)4-2)11-8-6-5-7-9-11;1-2/h3,11H,1,4-10H2,2H3;1-2H3. The number of rotatable bonds is 4. The average Bonchev–Trinajstić information content (AvgIpc) is 2.38. The molecule has 2 heteroatoms. The molecule has 2 nitrogen and oxygen atoms in total. The fourth-order valence-corrected chi connectivity index (χ4v) is 2.19. The molecule has 1 amide bonds. The minimum atomic E-state index is 0.275. The van der Waals surface area contributed by atoms with Gasteiger partial charge in [-0.05, 0) is 12.8 Å². The fraction of sp³-hybridized carbons (Fsp3) is 0.786. The maximum Gasteiger partial charge on any atom is 0.222 e. The predicted molar refractivity (Wildman–Crippen MR) is 70.4 cm³/mol. The molecule has 1 aliphatic rings. The van der Waals surface area contributed by atoms with Crippen LogP contribution in [0.15, 0.2) is 12.7 Å². The molecular formula is C14H27NO. The van der Waals surface area contributed by atoms with Gasteiger partial charge in [-0.1, -0.05) is 46.1 Å². The van der Waals surface area contributed by atoms with Gasteiger partial charge in [0.15, 0.2) is 0 Å². The Hall–Kier alpha value is -0.790. The highest BCUT2D eigenvalue weighted by molar-refractivity contribution is 5.76. The van der Waals surface area contributed by atoms with Crippen LogP contribution in [0.2, 0.25) is 0 Å². The number of hydrogen-bond acceptors (Lipinski definition) is 1. The molecule has 0 radical (unpaired) electrons. The molecule has 0 aromatic carbocycles. The second-order valence-corrected chi connectivity index (χ2v) is 3.98. The number of amides is 1. The average molecular weight is 225 g/mol. The first-order valence-electron chi connectivity index (χ1n) is 6.70. The minimum absolute atomic E-state index is 0.275. The molecule has 0 bridgehead atoms. The summed E-state index contributed by atoms with van der Waals surface area (Å²) >= 11 is 0. The van der Waals surface area contributed by atoms with Gasteiger partial charge in [0.05, 0.1) is 0 Å². The summed E-state index contributed by atoms with van der Waals surface area (Å²) in [5.74, 6) is 0.275. The lowest BCUT2D eigenvalue weighted by Gasteiger charge is -2.33. The highest BCUT2D eigenvalue weighted by Crippen LogP contribution is 2.22. The molecule has 0 atom stereocenters. The van der Waals surface area contributed by atoms with Gasteiger partial charge in [-0.25, -0.2) is 0 Å². The second-order valence-electron chi connectivity index (χ2n) is 3.98. The van der Waals surface area contributed by atoms with Gasteiger partial charge in [0.25, 0.3) is 0 Å². The summed E-state index contributed by atoms with van der Waals surface area (Å²) in [6, 6.07) is 0.481. The van der Waals surface area contributed by atoms with Crippen LogP contribution in [0, 0.1) is 0 Å². The van der Waals surface area contributed by atoms with Crippen LogP contribution in [0.3, 0.4) is 0 Å². The Morgan fingerprint density at radius 2 is 1.88 bits per heavy atom. The van der Waals surface area contributed by atoms with Gasteiger partial charge in [0, 0.05) is 19.0 Å². The summed E-state index contributed by atoms with van der Waals surface area (Å²) < 4.78 is 0. The third-order valence-corrected chi connectivity index (χ3v) is 2.96. The number of carbonyl (C=O) groups is 1. The van der Waals surface area contributed by atoms with E-state index in [4.69, 9.17) is 0 Å². The van der Waals surface area contributed by atoms with Gasteiger partial charge in [-0.2, -0.15) is 0 Å². The van der Waals surface area contributed by atoms with E-state index in [-0.39, 0.29) is 5.91 Å². The number of hydrogen-bond donors (Lipinski definition) is 0. The van der Waals surface area contributed by atoms with Crippen molar-refractivity contribution in [1.29, 1.82) is 0 Å². The molecule has 0 aliphatic heterocycles. The topological polar surface area (TPSA) is 20.3 Å². The summed E-state index contributed by atoms with van der Waals surface area (Å²) in [7, 11) is 0. The molecule has 94 valence electrons. The zero-order chi connectivity index (χ0) is 12.4. The van der Waals surface area contributed by atoms with Crippen LogP contribution in [0.25, 0.3) is 0 Å². The van der Waals surface area contributed by atoms with Gasteiger partial charge in [-0.15, -0.1) is 6.58 Å². The maximum absolute atomic E-state index is 11.7. The predicted octanol–water partition coefficient (Wildman–Crippen LogP) is 3.77. The SMILES string of the molecule is C=CCN(C(=O)CC)C1CCCCC1.CC. The Kier molecular flexibility index (Phi) is 8.97. The maximum atomic E-state index is 11.7. The summed E-state index contributed by atoms with van der Waals surface area (Å²) in [6.07, 6.45) is 8.69. The van der Waals surface area contributed by atoms with Crippen LogP contribution in [0.5, 0.6) is 0 Å². The lowest BCUT2D eigenvalue weighted by atomic mass is 9.94. The van der Waals surface area contributed by atoms with Crippen molar-refractivity contribution in [3.8, 4) is 0 Å². The summed E-state index contributed by atoms with van der Waals surface area (Å²) in [5, 5.41) is 0. The van der Waals surface area contributed by atoms with Crippen LogP contribution >= 0.6 is 0 Å². The van der Waals surface area contributed by atoms with Crippen molar-refractivity contribution >= 4 is 5.91 Å². The van der Waals surface area contributed by atoms with Crippen LogP contribution in [-0.2, 0) is 4.79 Å². The Labute approximate surface area is 101 Å². The van der Waals surface area contributed by atoms with Crippen LogP contribution in [0.1, 0.15) is 59.3 Å². The minimum Gasteiger partial charge on any atom is -0.336 e. The van der Waals surface area contributed by atoms with Crippen LogP contribution in [0.4, 0.5) is 0 Å². The van der Waals surface area contributed by atoms with E-state index < -0.39 is 0 Å². The summed E-state index contributed by atoms with van der Waals surface area (Å²) in [5.41, 5.74) is 0. The van der Waals surface area contributed by atoms with Gasteiger partial charge in [-0.3, -0.25) is 4.79 Å². The summed E-state index contributed by atoms with van der Waals surface area (Å²) in [4.78, 5) is 13.7. The van der Waals surface area contributed by atoms with Crippen LogP contribution in [-0.4, -0.2) is 23.4 Å². The van der Waals surface area contributed by atoms with E-state index in [2.05, 4.69) is 6.58 Å². The zero-order valence-corrected chi connectivity index (χ0v) is 11.2. The highest BCUT2D eigenvalue weighted by Gasteiger charge is 2.22. The highest BCUT2D eigenvalue weighted by atomic mass is 16.2. The van der Waals surface area contributed by atoms with E-state index in [0.717, 1.165) is 6.54 Å². The Morgan fingerprint density at radius 1 is 1.31 bits per heavy atom. The molecule has 1 saturated carbocycles. The molecule has 0 aromatic rings. The third kappa shape index (κ3) is 4.82. The molecule has 0 aromatic heterocycles. The largest absolute Gasteiger partial charge is 0.336 e. The molecule has 0 heterocycles. The normalized spacial score (nSPS) is 15.9. The van der Waals surface area contributed by atoms with E-state index in [1.54, 1.807) is 0 Å². The van der Waals surface area contributed by atoms with Crippen molar-refractivity contribution in [2.75, 3.05) is 6.54 Å². The van der Waals surface area contributed by atoms with Crippen molar-refractivity contribution in [2.24, 2.45) is 0 Å². The Balaban J connectivity index is 0.00000106. The van der Waals surface area contributed by atoms with Crippen molar-refractivity contribution in [1.82, 2.24) is 4.90 Å². The molecule has 1 rings (SSSR count). The third-order valence-electron chi connectivity index (χ3n) is 2.96. The molecule has 0 N–H and O–H groups in total. The second kappa shape index (κ2) is 9.44. The van der Waals surface area contributed by atoms with Crippen molar-refractivity contribution in [3.63, 3.8) is 0 Å². The van der Waals surface area contributed by atoms with Crippen molar-refractivity contribution in [3.05, 3.63) is 12.7 Å². The lowest BCUT2D eigenvalue weighted by molar-refractivity contribution is -0.133. The van der Waals surface area contributed by atoms with Gasteiger partial charge in [0.1, 0.15) is 0 Å². The van der Waals surface area contributed by atoms with Crippen molar-refractivity contribution < 1.29 is 4.79 Å². The van der Waals surface area contributed by atoms with E-state index in [9.17, 15) is 4.79 Å². The smallest absolute Gasteiger partial charge is 0.222 e. The first kappa shape index (κ1) is 15.2. The number of carbonyl (C=O) groups excluding carboxylic acids is 1. The Morgan fingerprint density at radius 3 is 2.31 bits per heavy atom. The molecule has 0 saturated heterocycles. The van der Waals surface area contributed by atoms with E-state index in [1.807, 2.05) is 31.7 Å². The Bertz CT molecular complexity index is 195. The quantitative estimate of drug-likeness (QED) is 0.667. The molecule has 0 spiro atoms. The molecule has 0 unspecified atom stereocenters. The monoisotopic (exact) mass is 225 g/mol. The van der Waals surface area contributed by atoms with E-state index in [1.165, 1.54) is 32.1 Å². The van der Waals surface area contributed by atoms with E-state index >= 15 is 0 Å². The first-order chi connectivity index (χ1) is 7.79. The molecule has 1 fully saturated rings. The molecule has 16 heavy (non-hydrogen) atoms. The number of nitrogens with zero attached hydrogens (tertiary/aromatic N) is 1. The zero-order valence-electron chi connectivity index (χ0n) is 11.2.